The Kier molecular flexibility index (Phi) is 6.03. The predicted molar refractivity (Wildman–Crippen MR) is 118 cm³/mol. The third-order valence-corrected chi connectivity index (χ3v) is 5.42. The van der Waals surface area contributed by atoms with E-state index in [-0.39, 0.29) is 17.5 Å². The molecule has 4 rings (SSSR count). The predicted octanol–water partition coefficient (Wildman–Crippen LogP) is 4.31. The molecule has 0 aliphatic heterocycles. The van der Waals surface area contributed by atoms with Gasteiger partial charge >= 0.3 is 0 Å². The number of rotatable bonds is 7. The van der Waals surface area contributed by atoms with Crippen molar-refractivity contribution >= 4 is 34.5 Å². The van der Waals surface area contributed by atoms with E-state index in [1.165, 1.54) is 31.0 Å². The highest BCUT2D eigenvalue weighted by molar-refractivity contribution is 7.99. The van der Waals surface area contributed by atoms with Crippen LogP contribution in [0.1, 0.15) is 0 Å². The van der Waals surface area contributed by atoms with Crippen molar-refractivity contribution in [2.24, 2.45) is 0 Å². The Morgan fingerprint density at radius 3 is 2.68 bits per heavy atom. The van der Waals surface area contributed by atoms with Crippen molar-refractivity contribution < 1.29 is 18.7 Å². The molecule has 31 heavy (non-hydrogen) atoms. The fraction of sp³-hybridized carbons (Fsp3) is 0.136. The lowest BCUT2D eigenvalue weighted by atomic mass is 10.2. The number of ether oxygens (including phenoxy) is 2. The quantitative estimate of drug-likeness (QED) is 0.433. The summed E-state index contributed by atoms with van der Waals surface area (Å²) >= 11 is 1.26. The molecule has 1 amide bonds. The Morgan fingerprint density at radius 1 is 1.13 bits per heavy atom. The Bertz CT molecular complexity index is 1230. The first-order valence-electron chi connectivity index (χ1n) is 9.33. The SMILES string of the molecule is COc1ccc(OC)c(NC(=O)CSc2nc3cccnc3n2-c2ccc(F)cc2)c1. The Morgan fingerprint density at radius 2 is 1.94 bits per heavy atom. The summed E-state index contributed by atoms with van der Waals surface area (Å²) in [6.07, 6.45) is 1.67. The lowest BCUT2D eigenvalue weighted by Crippen LogP contribution is -2.15. The molecule has 4 aromatic rings. The summed E-state index contributed by atoms with van der Waals surface area (Å²) in [7, 11) is 3.08. The number of benzene rings is 2. The van der Waals surface area contributed by atoms with Gasteiger partial charge in [0, 0.05) is 18.0 Å². The maximum Gasteiger partial charge on any atom is 0.234 e. The second kappa shape index (κ2) is 9.05. The van der Waals surface area contributed by atoms with E-state index >= 15 is 0 Å². The lowest BCUT2D eigenvalue weighted by Gasteiger charge is -2.12. The van der Waals surface area contributed by atoms with Gasteiger partial charge in [-0.25, -0.2) is 14.4 Å². The largest absolute Gasteiger partial charge is 0.497 e. The zero-order valence-corrected chi connectivity index (χ0v) is 17.6. The van der Waals surface area contributed by atoms with Crippen LogP contribution in [0.25, 0.3) is 16.9 Å². The summed E-state index contributed by atoms with van der Waals surface area (Å²) in [5.41, 5.74) is 2.54. The molecule has 0 spiro atoms. The number of halogens is 1. The summed E-state index contributed by atoms with van der Waals surface area (Å²) in [4.78, 5) is 21.6. The van der Waals surface area contributed by atoms with E-state index in [0.29, 0.717) is 39.2 Å². The number of anilines is 1. The average molecular weight is 438 g/mol. The molecule has 9 heteroatoms. The van der Waals surface area contributed by atoms with E-state index in [1.54, 1.807) is 54.3 Å². The molecule has 2 heterocycles. The number of hydrogen-bond acceptors (Lipinski definition) is 6. The number of nitrogens with zero attached hydrogens (tertiary/aromatic N) is 3. The maximum atomic E-state index is 13.4. The fourth-order valence-electron chi connectivity index (χ4n) is 3.04. The van der Waals surface area contributed by atoms with E-state index in [2.05, 4.69) is 15.3 Å². The number of amides is 1. The molecule has 7 nitrogen and oxygen atoms in total. The Hall–Kier alpha value is -3.59. The third-order valence-electron chi connectivity index (χ3n) is 4.48. The average Bonchev–Trinajstić information content (AvgIpc) is 3.16. The van der Waals surface area contributed by atoms with Crippen LogP contribution in [-0.4, -0.2) is 40.4 Å². The van der Waals surface area contributed by atoms with Crippen molar-refractivity contribution in [2.45, 2.75) is 5.16 Å². The van der Waals surface area contributed by atoms with E-state index in [0.717, 1.165) is 0 Å². The molecule has 2 aromatic carbocycles. The van der Waals surface area contributed by atoms with Crippen LogP contribution in [-0.2, 0) is 4.79 Å². The molecule has 0 bridgehead atoms. The van der Waals surface area contributed by atoms with Gasteiger partial charge in [0.2, 0.25) is 5.91 Å². The molecule has 0 radical (unpaired) electrons. The van der Waals surface area contributed by atoms with Crippen LogP contribution in [0.15, 0.2) is 66.0 Å². The van der Waals surface area contributed by atoms with Crippen molar-refractivity contribution in [2.75, 3.05) is 25.3 Å². The summed E-state index contributed by atoms with van der Waals surface area (Å²) in [6.45, 7) is 0. The molecule has 0 unspecified atom stereocenters. The number of fused-ring (bicyclic) bond motifs is 1. The van der Waals surface area contributed by atoms with Crippen molar-refractivity contribution in [3.8, 4) is 17.2 Å². The van der Waals surface area contributed by atoms with Crippen LogP contribution >= 0.6 is 11.8 Å². The van der Waals surface area contributed by atoms with Crippen molar-refractivity contribution in [3.63, 3.8) is 0 Å². The number of carbonyl (C=O) groups excluding carboxylic acids is 1. The number of methoxy groups -OCH3 is 2. The monoisotopic (exact) mass is 438 g/mol. The minimum absolute atomic E-state index is 0.102. The first-order chi connectivity index (χ1) is 15.1. The number of thioether (sulfide) groups is 1. The van der Waals surface area contributed by atoms with Gasteiger partial charge in [-0.1, -0.05) is 11.8 Å². The van der Waals surface area contributed by atoms with Crippen molar-refractivity contribution in [3.05, 3.63) is 66.6 Å². The van der Waals surface area contributed by atoms with E-state index in [1.807, 2.05) is 6.07 Å². The van der Waals surface area contributed by atoms with Gasteiger partial charge in [-0.3, -0.25) is 9.36 Å². The van der Waals surface area contributed by atoms with Gasteiger partial charge < -0.3 is 14.8 Å². The van der Waals surface area contributed by atoms with Crippen molar-refractivity contribution in [1.29, 1.82) is 0 Å². The molecular weight excluding hydrogens is 419 g/mol. The highest BCUT2D eigenvalue weighted by Crippen LogP contribution is 2.30. The lowest BCUT2D eigenvalue weighted by molar-refractivity contribution is -0.113. The van der Waals surface area contributed by atoms with E-state index in [4.69, 9.17) is 9.47 Å². The first kappa shape index (κ1) is 20.7. The minimum atomic E-state index is -0.332. The molecule has 0 atom stereocenters. The smallest absolute Gasteiger partial charge is 0.234 e. The zero-order valence-electron chi connectivity index (χ0n) is 16.8. The highest BCUT2D eigenvalue weighted by atomic mass is 32.2. The van der Waals surface area contributed by atoms with Crippen LogP contribution < -0.4 is 14.8 Å². The fourth-order valence-corrected chi connectivity index (χ4v) is 3.86. The summed E-state index contributed by atoms with van der Waals surface area (Å²) in [6, 6.07) is 14.9. The van der Waals surface area contributed by atoms with Gasteiger partial charge in [0.25, 0.3) is 0 Å². The zero-order chi connectivity index (χ0) is 21.8. The standard InChI is InChI=1S/C22H19FN4O3S/c1-29-16-9-10-19(30-2)18(12-16)25-20(28)13-31-22-26-17-4-3-11-24-21(17)27(22)15-7-5-14(23)6-8-15/h3-12H,13H2,1-2H3,(H,25,28). The van der Waals surface area contributed by atoms with E-state index < -0.39 is 0 Å². The maximum absolute atomic E-state index is 13.4. The van der Waals surface area contributed by atoms with E-state index in [9.17, 15) is 9.18 Å². The van der Waals surface area contributed by atoms with Crippen LogP contribution in [0.5, 0.6) is 11.5 Å². The second-order valence-corrected chi connectivity index (χ2v) is 7.40. The van der Waals surface area contributed by atoms with Gasteiger partial charge in [0.05, 0.1) is 25.7 Å². The number of imidazole rings is 1. The minimum Gasteiger partial charge on any atom is -0.497 e. The molecule has 0 aliphatic rings. The Labute approximate surface area is 182 Å². The molecule has 158 valence electrons. The molecule has 0 saturated heterocycles. The van der Waals surface area contributed by atoms with Gasteiger partial charge in [-0.2, -0.15) is 0 Å². The number of nitrogens with one attached hydrogen (secondary N) is 1. The van der Waals surface area contributed by atoms with Crippen LogP contribution in [0.4, 0.5) is 10.1 Å². The van der Waals surface area contributed by atoms with Gasteiger partial charge in [-0.15, -0.1) is 0 Å². The number of hydrogen-bond donors (Lipinski definition) is 1. The highest BCUT2D eigenvalue weighted by Gasteiger charge is 2.16. The Balaban J connectivity index is 1.58. The topological polar surface area (TPSA) is 78.3 Å². The second-order valence-electron chi connectivity index (χ2n) is 6.46. The van der Waals surface area contributed by atoms with Crippen LogP contribution in [0.2, 0.25) is 0 Å². The number of aromatic nitrogens is 3. The first-order valence-corrected chi connectivity index (χ1v) is 10.3. The number of carbonyl (C=O) groups is 1. The molecule has 0 fully saturated rings. The molecule has 0 saturated carbocycles. The van der Waals surface area contributed by atoms with Gasteiger partial charge in [0.15, 0.2) is 10.8 Å². The third kappa shape index (κ3) is 4.46. The van der Waals surface area contributed by atoms with Crippen LogP contribution in [0, 0.1) is 5.82 Å². The molecule has 2 aromatic heterocycles. The normalized spacial score (nSPS) is 10.8. The summed E-state index contributed by atoms with van der Waals surface area (Å²) < 4.78 is 25.7. The van der Waals surface area contributed by atoms with Gasteiger partial charge in [-0.05, 0) is 48.5 Å². The van der Waals surface area contributed by atoms with Crippen molar-refractivity contribution in [1.82, 2.24) is 14.5 Å². The van der Waals surface area contributed by atoms with Crippen LogP contribution in [0.3, 0.4) is 0 Å². The van der Waals surface area contributed by atoms with Gasteiger partial charge in [0.1, 0.15) is 22.8 Å². The summed E-state index contributed by atoms with van der Waals surface area (Å²) in [5.74, 6) is 0.671. The molecular formula is C22H19FN4O3S. The number of pyridine rings is 1. The molecule has 0 aliphatic carbocycles. The molecule has 1 N–H and O–H groups in total. The summed E-state index contributed by atoms with van der Waals surface area (Å²) in [5, 5.41) is 3.42.